The van der Waals surface area contributed by atoms with Gasteiger partial charge in [-0.15, -0.1) is 0 Å². The van der Waals surface area contributed by atoms with Gasteiger partial charge in [-0.05, 0) is 50.5 Å². The molecule has 0 radical (unpaired) electrons. The van der Waals surface area contributed by atoms with Crippen LogP contribution in [0, 0.1) is 13.8 Å². The number of hydrogen-bond donors (Lipinski definition) is 1. The molecule has 7 nitrogen and oxygen atoms in total. The zero-order chi connectivity index (χ0) is 24.7. The number of benzene rings is 1. The lowest BCUT2D eigenvalue weighted by atomic mass is 9.98. The Labute approximate surface area is 203 Å². The van der Waals surface area contributed by atoms with E-state index in [0.29, 0.717) is 22.8 Å². The van der Waals surface area contributed by atoms with Gasteiger partial charge in [0.25, 0.3) is 17.2 Å². The summed E-state index contributed by atoms with van der Waals surface area (Å²) in [6.45, 7) is 9.91. The molecule has 4 rings (SSSR count). The van der Waals surface area contributed by atoms with E-state index in [1.807, 2.05) is 40.7 Å². The maximum Gasteiger partial charge on any atom is 0.326 e. The van der Waals surface area contributed by atoms with E-state index in [1.165, 1.54) is 9.58 Å². The molecule has 3 heterocycles. The highest BCUT2D eigenvalue weighted by Crippen LogP contribution is 2.32. The number of pyridine rings is 1. The molecule has 2 amide bonds. The number of H-pyrrole nitrogens is 1. The lowest BCUT2D eigenvalue weighted by molar-refractivity contribution is -0.577. The van der Waals surface area contributed by atoms with E-state index in [0.717, 1.165) is 11.1 Å². The average Bonchev–Trinajstić information content (AvgIpc) is 3.22. The fraction of sp³-hybridized carbons (Fsp3) is 0.308. The van der Waals surface area contributed by atoms with Crippen LogP contribution in [0.3, 0.4) is 0 Å². The summed E-state index contributed by atoms with van der Waals surface area (Å²) in [5.74, 6) is -0.963. The van der Waals surface area contributed by atoms with Crippen LogP contribution in [-0.2, 0) is 9.59 Å². The van der Waals surface area contributed by atoms with Crippen molar-refractivity contribution in [1.82, 2.24) is 14.7 Å². The van der Waals surface area contributed by atoms with Gasteiger partial charge in [-0.2, -0.15) is 4.57 Å². The Morgan fingerprint density at radius 1 is 1.03 bits per heavy atom. The Kier molecular flexibility index (Phi) is 6.32. The number of aromatic amines is 1. The maximum absolute atomic E-state index is 13.8. The smallest absolute Gasteiger partial charge is 0.294 e. The maximum atomic E-state index is 13.8. The number of imide groups is 1. The van der Waals surface area contributed by atoms with Crippen molar-refractivity contribution in [2.75, 3.05) is 6.54 Å². The second-order valence-corrected chi connectivity index (χ2v) is 9.40. The summed E-state index contributed by atoms with van der Waals surface area (Å²) in [4.78, 5) is 42.2. The highest BCUT2D eigenvalue weighted by Gasteiger charge is 2.47. The lowest BCUT2D eigenvalue weighted by Gasteiger charge is -2.12. The van der Waals surface area contributed by atoms with Crippen LogP contribution in [0.1, 0.15) is 55.5 Å². The number of carbonyl (C=O) groups is 2. The van der Waals surface area contributed by atoms with Crippen molar-refractivity contribution in [3.63, 3.8) is 0 Å². The van der Waals surface area contributed by atoms with Crippen molar-refractivity contribution in [3.05, 3.63) is 80.5 Å². The molecule has 0 saturated heterocycles. The number of aryl methyl sites for hydroxylation is 2. The van der Waals surface area contributed by atoms with Crippen LogP contribution in [0.2, 0.25) is 5.02 Å². The Morgan fingerprint density at radius 2 is 1.71 bits per heavy atom. The molecule has 0 spiro atoms. The topological polar surface area (TPSA) is 79.1 Å². The monoisotopic (exact) mass is 479 g/mol. The first kappa shape index (κ1) is 23.7. The predicted molar refractivity (Wildman–Crippen MR) is 132 cm³/mol. The third kappa shape index (κ3) is 4.01. The zero-order valence-corrected chi connectivity index (χ0v) is 20.7. The molecule has 2 aromatic heterocycles. The first-order chi connectivity index (χ1) is 16.1. The predicted octanol–water partition coefficient (Wildman–Crippen LogP) is 3.99. The van der Waals surface area contributed by atoms with Gasteiger partial charge in [0.05, 0.1) is 11.3 Å². The number of amides is 2. The number of carbonyl (C=O) groups excluding carboxylic acids is 2. The van der Waals surface area contributed by atoms with Crippen molar-refractivity contribution in [2.24, 2.45) is 0 Å². The fourth-order valence-electron chi connectivity index (χ4n) is 4.40. The van der Waals surface area contributed by atoms with E-state index in [4.69, 9.17) is 11.6 Å². The first-order valence-electron chi connectivity index (χ1n) is 11.4. The van der Waals surface area contributed by atoms with Gasteiger partial charge >= 0.3 is 5.91 Å². The van der Waals surface area contributed by atoms with Crippen molar-refractivity contribution in [3.8, 4) is 5.69 Å². The van der Waals surface area contributed by atoms with Gasteiger partial charge in [-0.3, -0.25) is 24.4 Å². The van der Waals surface area contributed by atoms with Crippen molar-refractivity contribution in [2.45, 2.75) is 47.0 Å². The highest BCUT2D eigenvalue weighted by molar-refractivity contribution is 6.44. The van der Waals surface area contributed by atoms with Crippen LogP contribution in [0.4, 0.5) is 0 Å². The van der Waals surface area contributed by atoms with Gasteiger partial charge in [0.15, 0.2) is 12.4 Å². The van der Waals surface area contributed by atoms with Crippen LogP contribution >= 0.6 is 11.6 Å². The van der Waals surface area contributed by atoms with E-state index in [1.54, 1.807) is 41.2 Å². The summed E-state index contributed by atoms with van der Waals surface area (Å²) in [7, 11) is 0. The number of nitrogens with zero attached hydrogens (tertiary/aromatic N) is 3. The van der Waals surface area contributed by atoms with E-state index >= 15 is 0 Å². The Morgan fingerprint density at radius 3 is 2.29 bits per heavy atom. The minimum absolute atomic E-state index is 0.107. The van der Waals surface area contributed by atoms with Crippen LogP contribution in [0.15, 0.2) is 47.5 Å². The van der Waals surface area contributed by atoms with Crippen LogP contribution in [0.5, 0.6) is 0 Å². The molecule has 3 aromatic rings. The molecule has 34 heavy (non-hydrogen) atoms. The zero-order valence-electron chi connectivity index (χ0n) is 20.0. The Hall–Kier alpha value is -3.45. The molecule has 0 saturated carbocycles. The van der Waals surface area contributed by atoms with E-state index in [-0.39, 0.29) is 29.3 Å². The van der Waals surface area contributed by atoms with E-state index in [9.17, 15) is 14.4 Å². The third-order valence-electron chi connectivity index (χ3n) is 5.80. The molecule has 0 fully saturated rings. The molecule has 1 aliphatic heterocycles. The highest BCUT2D eigenvalue weighted by atomic mass is 35.5. The van der Waals surface area contributed by atoms with Crippen molar-refractivity contribution < 1.29 is 14.2 Å². The molecule has 0 bridgehead atoms. The molecule has 1 aliphatic rings. The second kappa shape index (κ2) is 9.06. The normalized spacial score (nSPS) is 14.1. The largest absolute Gasteiger partial charge is 0.326 e. The summed E-state index contributed by atoms with van der Waals surface area (Å²) in [5.41, 5.74) is 3.15. The summed E-state index contributed by atoms with van der Waals surface area (Å²) in [6.07, 6.45) is 4.23. The quantitative estimate of drug-likeness (QED) is 0.429. The van der Waals surface area contributed by atoms with Gasteiger partial charge in [-0.1, -0.05) is 38.4 Å². The van der Waals surface area contributed by atoms with E-state index < -0.39 is 17.4 Å². The molecular formula is C26H28ClN4O3+. The van der Waals surface area contributed by atoms with Crippen LogP contribution in [-0.4, -0.2) is 33.0 Å². The summed E-state index contributed by atoms with van der Waals surface area (Å²) in [5, 5.41) is 3.65. The SMILES string of the molecule is CCCN1C(=O)C(c2c(C(C)C)[nH]n(-c3cccc(Cl)c3)c2=O)=C([n+]2cc(C)cc(C)c2)C1=O. The third-order valence-corrected chi connectivity index (χ3v) is 6.04. The number of aromatic nitrogens is 3. The first-order valence-corrected chi connectivity index (χ1v) is 11.7. The molecule has 0 aliphatic carbocycles. The van der Waals surface area contributed by atoms with E-state index in [2.05, 4.69) is 5.10 Å². The second-order valence-electron chi connectivity index (χ2n) is 8.96. The van der Waals surface area contributed by atoms with Crippen molar-refractivity contribution in [1.29, 1.82) is 0 Å². The Balaban J connectivity index is 2.06. The van der Waals surface area contributed by atoms with Gasteiger partial charge in [0.2, 0.25) is 0 Å². The van der Waals surface area contributed by atoms with Gasteiger partial charge in [0.1, 0.15) is 5.57 Å². The lowest BCUT2D eigenvalue weighted by Crippen LogP contribution is -2.40. The number of rotatable bonds is 6. The summed E-state index contributed by atoms with van der Waals surface area (Å²) >= 11 is 6.16. The molecule has 1 aromatic carbocycles. The minimum Gasteiger partial charge on any atom is -0.294 e. The summed E-state index contributed by atoms with van der Waals surface area (Å²) in [6, 6.07) is 8.90. The molecule has 8 heteroatoms. The molecule has 0 atom stereocenters. The van der Waals surface area contributed by atoms with Gasteiger partial charge < -0.3 is 0 Å². The molecular weight excluding hydrogens is 452 g/mol. The van der Waals surface area contributed by atoms with Gasteiger partial charge in [0, 0.05) is 28.4 Å². The Bertz CT molecular complexity index is 1380. The standard InChI is InChI=1S/C26H27ClN4O3/c1-6-10-30-24(32)21(23(26(30)34)29-13-16(4)11-17(5)14-29)20-22(15(2)3)28-31(25(20)33)19-9-7-8-18(27)12-19/h7-9,11-15H,6,10H2,1-5H3/p+1. The number of halogens is 1. The fourth-order valence-corrected chi connectivity index (χ4v) is 4.59. The summed E-state index contributed by atoms with van der Waals surface area (Å²) < 4.78 is 3.06. The number of nitrogens with one attached hydrogen (secondary N) is 1. The molecule has 1 N–H and O–H groups in total. The minimum atomic E-state index is -0.454. The van der Waals surface area contributed by atoms with Crippen molar-refractivity contribution >= 4 is 34.7 Å². The van der Waals surface area contributed by atoms with Crippen LogP contribution < -0.4 is 10.1 Å². The number of hydrogen-bond acceptors (Lipinski definition) is 3. The van der Waals surface area contributed by atoms with Gasteiger partial charge in [-0.25, -0.2) is 4.68 Å². The average molecular weight is 480 g/mol. The van der Waals surface area contributed by atoms with Crippen LogP contribution in [0.25, 0.3) is 17.0 Å². The molecule has 176 valence electrons. The molecule has 0 unspecified atom stereocenters.